The molecular weight excluding hydrogens is 1370 g/mol. The quantitative estimate of drug-likeness (QED) is 0.0222. The molecule has 19 heteroatoms. The van der Waals surface area contributed by atoms with Gasteiger partial charge in [0.1, 0.15) is 19.3 Å². The van der Waals surface area contributed by atoms with E-state index < -0.39 is 97.5 Å². The zero-order valence-electron chi connectivity index (χ0n) is 69.0. The van der Waals surface area contributed by atoms with Gasteiger partial charge in [-0.3, -0.25) is 37.3 Å². The number of phosphoric ester groups is 2. The highest BCUT2D eigenvalue weighted by Gasteiger charge is 2.30. The van der Waals surface area contributed by atoms with Gasteiger partial charge in [-0.05, 0) is 37.5 Å². The van der Waals surface area contributed by atoms with Gasteiger partial charge in [0.2, 0.25) is 0 Å². The summed E-state index contributed by atoms with van der Waals surface area (Å²) in [6, 6.07) is 0. The SMILES string of the molecule is CCCCCCCCCCCCCCCC(=O)O[C@H](COC(=O)CCCCCCCCCCCCCC)COP(=O)(O)OC[C@H](O)COP(=O)(O)OC[C@@H](COC(=O)CCCCCCCCCCCCCCCCCC(C)C)OC(=O)CCCCCCCCCCCCCCCCCCCCC(C)CC. The summed E-state index contributed by atoms with van der Waals surface area (Å²) in [6.45, 7) is 9.77. The van der Waals surface area contributed by atoms with Gasteiger partial charge in [0.15, 0.2) is 12.2 Å². The first-order chi connectivity index (χ1) is 50.9. The largest absolute Gasteiger partial charge is 0.472 e. The van der Waals surface area contributed by atoms with Crippen molar-refractivity contribution in [2.24, 2.45) is 11.8 Å². The van der Waals surface area contributed by atoms with E-state index in [1.165, 1.54) is 276 Å². The third-order valence-corrected chi connectivity index (χ3v) is 22.5. The molecule has 0 aliphatic heterocycles. The molecule has 105 heavy (non-hydrogen) atoms. The maximum Gasteiger partial charge on any atom is 0.472 e. The number of aliphatic hydroxyl groups excluding tert-OH is 1. The standard InChI is InChI=1S/C86H168O17P2/c1-7-10-12-14-16-18-20-31-40-46-52-58-64-70-85(90)102-81(74-96-83(88)68-62-56-50-44-38-21-19-17-15-13-11-8-2)76-100-104(92,93)98-72-80(87)73-99-105(94,95)101-77-82(75-97-84(89)69-63-57-51-45-39-34-30-26-27-32-36-42-48-54-60-66-78(4)5)103-86(91)71-65-59-53-47-41-35-29-25-23-22-24-28-33-37-43-49-55-61-67-79(6)9-3/h78-82,87H,7-77H2,1-6H3,(H,92,93)(H,94,95)/t79?,80-,81+,82+/m0/s1. The Hall–Kier alpha value is -1.94. The zero-order valence-corrected chi connectivity index (χ0v) is 70.8. The highest BCUT2D eigenvalue weighted by atomic mass is 31.2. The number of aliphatic hydroxyl groups is 1. The maximum atomic E-state index is 13.1. The Labute approximate surface area is 645 Å². The van der Waals surface area contributed by atoms with Gasteiger partial charge in [0.25, 0.3) is 0 Å². The van der Waals surface area contributed by atoms with Gasteiger partial charge < -0.3 is 33.8 Å². The van der Waals surface area contributed by atoms with Crippen LogP contribution in [-0.4, -0.2) is 96.7 Å². The number of rotatable bonds is 85. The molecular formula is C86H168O17P2. The molecule has 0 aromatic heterocycles. The van der Waals surface area contributed by atoms with Crippen LogP contribution >= 0.6 is 15.6 Å². The number of carbonyl (C=O) groups is 4. The molecule has 624 valence electrons. The van der Waals surface area contributed by atoms with Crippen molar-refractivity contribution in [1.29, 1.82) is 0 Å². The van der Waals surface area contributed by atoms with Crippen LogP contribution in [0.5, 0.6) is 0 Å². The molecule has 3 unspecified atom stereocenters. The molecule has 0 aromatic rings. The maximum absolute atomic E-state index is 13.1. The normalized spacial score (nSPS) is 14.1. The number of ether oxygens (including phenoxy) is 4. The predicted octanol–water partition coefficient (Wildman–Crippen LogP) is 26.2. The van der Waals surface area contributed by atoms with E-state index in [0.29, 0.717) is 25.7 Å². The molecule has 0 aliphatic rings. The van der Waals surface area contributed by atoms with Gasteiger partial charge in [-0.2, -0.15) is 0 Å². The highest BCUT2D eigenvalue weighted by molar-refractivity contribution is 7.47. The molecule has 17 nitrogen and oxygen atoms in total. The number of esters is 4. The zero-order chi connectivity index (χ0) is 77.1. The van der Waals surface area contributed by atoms with Crippen molar-refractivity contribution in [1.82, 2.24) is 0 Å². The van der Waals surface area contributed by atoms with Gasteiger partial charge in [-0.15, -0.1) is 0 Å². The first-order valence-corrected chi connectivity index (χ1v) is 47.5. The summed E-state index contributed by atoms with van der Waals surface area (Å²) >= 11 is 0. The van der Waals surface area contributed by atoms with E-state index in [1.807, 2.05) is 0 Å². The van der Waals surface area contributed by atoms with E-state index in [9.17, 15) is 43.2 Å². The topological polar surface area (TPSA) is 237 Å². The van der Waals surface area contributed by atoms with Crippen molar-refractivity contribution in [3.05, 3.63) is 0 Å². The summed E-state index contributed by atoms with van der Waals surface area (Å²) in [6.07, 6.45) is 69.3. The van der Waals surface area contributed by atoms with Crippen molar-refractivity contribution in [2.45, 2.75) is 477 Å². The second-order valence-electron chi connectivity index (χ2n) is 31.6. The smallest absolute Gasteiger partial charge is 0.462 e. The molecule has 0 heterocycles. The Bertz CT molecular complexity index is 2010. The second kappa shape index (κ2) is 77.4. The third-order valence-electron chi connectivity index (χ3n) is 20.6. The Morgan fingerprint density at radius 3 is 0.724 bits per heavy atom. The molecule has 0 bridgehead atoms. The van der Waals surface area contributed by atoms with Gasteiger partial charge >= 0.3 is 39.5 Å². The van der Waals surface area contributed by atoms with Crippen LogP contribution in [0, 0.1) is 11.8 Å². The molecule has 0 saturated heterocycles. The Morgan fingerprint density at radius 2 is 0.486 bits per heavy atom. The number of unbranched alkanes of at least 4 members (excludes halogenated alkanes) is 54. The average Bonchev–Trinajstić information content (AvgIpc) is 0.905. The summed E-state index contributed by atoms with van der Waals surface area (Å²) in [4.78, 5) is 73.2. The highest BCUT2D eigenvalue weighted by Crippen LogP contribution is 2.45. The molecule has 0 rings (SSSR count). The van der Waals surface area contributed by atoms with Crippen LogP contribution in [0.25, 0.3) is 0 Å². The van der Waals surface area contributed by atoms with Crippen molar-refractivity contribution < 1.29 is 80.2 Å². The minimum Gasteiger partial charge on any atom is -0.462 e. The van der Waals surface area contributed by atoms with Gasteiger partial charge in [0.05, 0.1) is 26.4 Å². The van der Waals surface area contributed by atoms with E-state index in [4.69, 9.17) is 37.0 Å². The molecule has 0 amide bonds. The Balaban J connectivity index is 5.23. The molecule has 0 fully saturated rings. The van der Waals surface area contributed by atoms with Gasteiger partial charge in [-0.1, -0.05) is 408 Å². The summed E-state index contributed by atoms with van der Waals surface area (Å²) in [5.41, 5.74) is 0. The molecule has 6 atom stereocenters. The van der Waals surface area contributed by atoms with Crippen LogP contribution in [0.3, 0.4) is 0 Å². The molecule has 0 spiro atoms. The lowest BCUT2D eigenvalue weighted by Gasteiger charge is -2.21. The first kappa shape index (κ1) is 103. The van der Waals surface area contributed by atoms with Crippen molar-refractivity contribution >= 4 is 39.5 Å². The lowest BCUT2D eigenvalue weighted by atomic mass is 9.99. The van der Waals surface area contributed by atoms with E-state index in [0.717, 1.165) is 102 Å². The van der Waals surface area contributed by atoms with E-state index in [2.05, 4.69) is 41.5 Å². The third kappa shape index (κ3) is 78.5. The van der Waals surface area contributed by atoms with Gasteiger partial charge in [-0.25, -0.2) is 9.13 Å². The molecule has 3 N–H and O–H groups in total. The fourth-order valence-corrected chi connectivity index (χ4v) is 15.0. The van der Waals surface area contributed by atoms with Crippen LogP contribution in [0.15, 0.2) is 0 Å². The lowest BCUT2D eigenvalue weighted by molar-refractivity contribution is -0.161. The summed E-state index contributed by atoms with van der Waals surface area (Å²) in [5, 5.41) is 10.7. The van der Waals surface area contributed by atoms with Crippen molar-refractivity contribution in [2.75, 3.05) is 39.6 Å². The van der Waals surface area contributed by atoms with Crippen LogP contribution in [-0.2, 0) is 65.4 Å². The minimum absolute atomic E-state index is 0.108. The molecule has 0 aromatic carbocycles. The molecule has 0 radical (unpaired) electrons. The summed E-state index contributed by atoms with van der Waals surface area (Å²) in [7, 11) is -9.93. The molecule has 0 aliphatic carbocycles. The number of phosphoric acid groups is 2. The number of hydrogen-bond acceptors (Lipinski definition) is 15. The van der Waals surface area contributed by atoms with Crippen LogP contribution in [0.2, 0.25) is 0 Å². The Kier molecular flexibility index (Phi) is 76.0. The van der Waals surface area contributed by atoms with E-state index in [-0.39, 0.29) is 25.7 Å². The van der Waals surface area contributed by atoms with Crippen LogP contribution < -0.4 is 0 Å². The number of carbonyl (C=O) groups excluding carboxylic acids is 4. The van der Waals surface area contributed by atoms with E-state index >= 15 is 0 Å². The molecule has 0 saturated carbocycles. The fraction of sp³-hybridized carbons (Fsp3) is 0.953. The average molecular weight is 1540 g/mol. The monoisotopic (exact) mass is 1540 g/mol. The van der Waals surface area contributed by atoms with E-state index in [1.54, 1.807) is 0 Å². The van der Waals surface area contributed by atoms with Crippen molar-refractivity contribution in [3.63, 3.8) is 0 Å². The van der Waals surface area contributed by atoms with Gasteiger partial charge in [0, 0.05) is 25.7 Å². The van der Waals surface area contributed by atoms with Crippen LogP contribution in [0.4, 0.5) is 0 Å². The second-order valence-corrected chi connectivity index (χ2v) is 34.6. The minimum atomic E-state index is -4.97. The van der Waals surface area contributed by atoms with Crippen LogP contribution in [0.1, 0.15) is 459 Å². The first-order valence-electron chi connectivity index (χ1n) is 44.5. The number of hydrogen-bond donors (Lipinski definition) is 3. The predicted molar refractivity (Wildman–Crippen MR) is 432 cm³/mol. The Morgan fingerprint density at radius 1 is 0.276 bits per heavy atom. The summed E-state index contributed by atoms with van der Waals surface area (Å²) in [5.74, 6) is -0.422. The van der Waals surface area contributed by atoms with Crippen molar-refractivity contribution in [3.8, 4) is 0 Å². The summed E-state index contributed by atoms with van der Waals surface area (Å²) < 4.78 is 68.9. The lowest BCUT2D eigenvalue weighted by Crippen LogP contribution is -2.30. The fourth-order valence-electron chi connectivity index (χ4n) is 13.4.